The van der Waals surface area contributed by atoms with Crippen LogP contribution in [0.5, 0.6) is 0 Å². The molecule has 0 radical (unpaired) electrons. The van der Waals surface area contributed by atoms with E-state index >= 15 is 0 Å². The van der Waals surface area contributed by atoms with E-state index in [1.807, 2.05) is 42.6 Å². The number of nitrogens with one attached hydrogen (secondary N) is 1. The van der Waals surface area contributed by atoms with Crippen molar-refractivity contribution in [3.05, 3.63) is 66.0 Å². The van der Waals surface area contributed by atoms with Crippen molar-refractivity contribution in [2.24, 2.45) is 5.92 Å². The van der Waals surface area contributed by atoms with Crippen LogP contribution < -0.4 is 5.32 Å². The van der Waals surface area contributed by atoms with Crippen LogP contribution in [0.4, 0.5) is 4.79 Å². The maximum atomic E-state index is 13.6. The summed E-state index contributed by atoms with van der Waals surface area (Å²) in [6, 6.07) is 13.5. The van der Waals surface area contributed by atoms with E-state index < -0.39 is 5.54 Å². The highest BCUT2D eigenvalue weighted by atomic mass is 16.2. The number of hydrogen-bond acceptors (Lipinski definition) is 4. The van der Waals surface area contributed by atoms with E-state index in [4.69, 9.17) is 0 Å². The number of likely N-dealkylation sites (tertiary alicyclic amines) is 1. The fourth-order valence-corrected chi connectivity index (χ4v) is 4.67. The van der Waals surface area contributed by atoms with Crippen molar-refractivity contribution < 1.29 is 9.59 Å². The molecule has 6 heteroatoms. The molecule has 1 aromatic carbocycles. The molecular weight excluding hydrogens is 364 g/mol. The Morgan fingerprint density at radius 2 is 1.97 bits per heavy atom. The minimum absolute atomic E-state index is 0.153. The minimum atomic E-state index is -0.990. The summed E-state index contributed by atoms with van der Waals surface area (Å²) < 4.78 is 0. The summed E-state index contributed by atoms with van der Waals surface area (Å²) >= 11 is 0. The van der Waals surface area contributed by atoms with Gasteiger partial charge in [0.15, 0.2) is 0 Å². The zero-order valence-corrected chi connectivity index (χ0v) is 17.0. The molecule has 0 aliphatic carbocycles. The number of benzene rings is 1. The third kappa shape index (κ3) is 3.65. The SMILES string of the molecule is CC(C)CC1(c2ccccc2)NC(=O)N(CN2CCCC2c2cccnc2)C1=O. The first kappa shape index (κ1) is 19.6. The summed E-state index contributed by atoms with van der Waals surface area (Å²) in [6.45, 7) is 5.31. The number of hydrogen-bond donors (Lipinski definition) is 1. The van der Waals surface area contributed by atoms with E-state index in [9.17, 15) is 9.59 Å². The van der Waals surface area contributed by atoms with E-state index in [1.165, 1.54) is 4.90 Å². The largest absolute Gasteiger partial charge is 0.326 e. The highest BCUT2D eigenvalue weighted by molar-refractivity contribution is 6.07. The monoisotopic (exact) mass is 392 g/mol. The lowest BCUT2D eigenvalue weighted by molar-refractivity contribution is -0.133. The van der Waals surface area contributed by atoms with E-state index in [-0.39, 0.29) is 23.9 Å². The Labute approximate surface area is 171 Å². The molecule has 1 N–H and O–H groups in total. The van der Waals surface area contributed by atoms with Crippen molar-refractivity contribution in [3.63, 3.8) is 0 Å². The molecule has 2 aliphatic heterocycles. The Morgan fingerprint density at radius 3 is 2.66 bits per heavy atom. The molecule has 3 heterocycles. The summed E-state index contributed by atoms with van der Waals surface area (Å²) in [5, 5.41) is 3.04. The molecule has 6 nitrogen and oxygen atoms in total. The number of pyridine rings is 1. The van der Waals surface area contributed by atoms with Crippen molar-refractivity contribution in [3.8, 4) is 0 Å². The summed E-state index contributed by atoms with van der Waals surface area (Å²) in [6.07, 6.45) is 6.26. The summed E-state index contributed by atoms with van der Waals surface area (Å²) in [5.41, 5.74) is 0.990. The topological polar surface area (TPSA) is 65.5 Å². The van der Waals surface area contributed by atoms with Crippen LogP contribution in [0.15, 0.2) is 54.9 Å². The Bertz CT molecular complexity index is 871. The smallest absolute Gasteiger partial charge is 0.319 e. The second-order valence-electron chi connectivity index (χ2n) is 8.43. The predicted octanol–water partition coefficient (Wildman–Crippen LogP) is 3.67. The van der Waals surface area contributed by atoms with Gasteiger partial charge in [0.2, 0.25) is 0 Å². The third-order valence-electron chi connectivity index (χ3n) is 5.91. The van der Waals surface area contributed by atoms with Crippen molar-refractivity contribution >= 4 is 11.9 Å². The lowest BCUT2D eigenvalue weighted by Gasteiger charge is -2.31. The molecule has 152 valence electrons. The molecule has 2 aromatic rings. The minimum Gasteiger partial charge on any atom is -0.319 e. The lowest BCUT2D eigenvalue weighted by atomic mass is 9.82. The van der Waals surface area contributed by atoms with Gasteiger partial charge in [-0.2, -0.15) is 0 Å². The molecule has 2 aliphatic rings. The number of carbonyl (C=O) groups is 2. The zero-order chi connectivity index (χ0) is 20.4. The molecule has 4 rings (SSSR count). The zero-order valence-electron chi connectivity index (χ0n) is 17.0. The molecule has 2 saturated heterocycles. The number of rotatable bonds is 6. The normalized spacial score (nSPS) is 25.1. The maximum Gasteiger partial charge on any atom is 0.326 e. The Hall–Kier alpha value is -2.73. The van der Waals surface area contributed by atoms with Gasteiger partial charge in [0, 0.05) is 25.0 Å². The van der Waals surface area contributed by atoms with Crippen LogP contribution in [0, 0.1) is 5.92 Å². The van der Waals surface area contributed by atoms with Gasteiger partial charge in [0.25, 0.3) is 5.91 Å². The Balaban J connectivity index is 1.60. The first-order valence-electron chi connectivity index (χ1n) is 10.3. The van der Waals surface area contributed by atoms with Gasteiger partial charge < -0.3 is 5.32 Å². The van der Waals surface area contributed by atoms with Crippen LogP contribution >= 0.6 is 0 Å². The molecule has 1 aromatic heterocycles. The fraction of sp³-hybridized carbons (Fsp3) is 0.435. The first-order valence-corrected chi connectivity index (χ1v) is 10.3. The number of amides is 3. The van der Waals surface area contributed by atoms with Crippen molar-refractivity contribution in [2.75, 3.05) is 13.2 Å². The third-order valence-corrected chi connectivity index (χ3v) is 5.91. The average molecular weight is 393 g/mol. The van der Waals surface area contributed by atoms with Crippen molar-refractivity contribution in [1.82, 2.24) is 20.1 Å². The molecule has 2 fully saturated rings. The van der Waals surface area contributed by atoms with E-state index in [0.29, 0.717) is 13.1 Å². The molecular formula is C23H28N4O2. The van der Waals surface area contributed by atoms with Gasteiger partial charge in [-0.05, 0) is 42.4 Å². The number of aromatic nitrogens is 1. The van der Waals surface area contributed by atoms with Gasteiger partial charge in [-0.25, -0.2) is 9.69 Å². The highest BCUT2D eigenvalue weighted by Crippen LogP contribution is 2.37. The molecule has 0 spiro atoms. The Morgan fingerprint density at radius 1 is 1.17 bits per heavy atom. The molecule has 3 amide bonds. The maximum absolute atomic E-state index is 13.6. The molecule has 2 unspecified atom stereocenters. The summed E-state index contributed by atoms with van der Waals surface area (Å²) in [7, 11) is 0. The van der Waals surface area contributed by atoms with Crippen molar-refractivity contribution in [2.45, 2.75) is 44.7 Å². The van der Waals surface area contributed by atoms with E-state index in [2.05, 4.69) is 35.1 Å². The van der Waals surface area contributed by atoms with E-state index in [0.717, 1.165) is 30.5 Å². The number of imide groups is 1. The highest BCUT2D eigenvalue weighted by Gasteiger charge is 2.53. The van der Waals surface area contributed by atoms with Crippen LogP contribution in [-0.2, 0) is 10.3 Å². The van der Waals surface area contributed by atoms with Crippen LogP contribution in [0.25, 0.3) is 0 Å². The van der Waals surface area contributed by atoms with Crippen LogP contribution in [0.2, 0.25) is 0 Å². The number of urea groups is 1. The lowest BCUT2D eigenvalue weighted by Crippen LogP contribution is -2.46. The molecule has 0 bridgehead atoms. The second kappa shape index (κ2) is 7.95. The quantitative estimate of drug-likeness (QED) is 0.762. The van der Waals surface area contributed by atoms with Gasteiger partial charge in [-0.15, -0.1) is 0 Å². The average Bonchev–Trinajstić information content (AvgIpc) is 3.28. The fourth-order valence-electron chi connectivity index (χ4n) is 4.67. The molecule has 2 atom stereocenters. The second-order valence-corrected chi connectivity index (χ2v) is 8.43. The van der Waals surface area contributed by atoms with Gasteiger partial charge in [0.05, 0.1) is 6.67 Å². The van der Waals surface area contributed by atoms with Gasteiger partial charge in [-0.3, -0.25) is 14.7 Å². The van der Waals surface area contributed by atoms with Crippen LogP contribution in [-0.4, -0.2) is 39.9 Å². The van der Waals surface area contributed by atoms with Gasteiger partial charge in [0.1, 0.15) is 5.54 Å². The van der Waals surface area contributed by atoms with Crippen LogP contribution in [0.3, 0.4) is 0 Å². The van der Waals surface area contributed by atoms with Gasteiger partial charge in [-0.1, -0.05) is 50.2 Å². The molecule has 0 saturated carbocycles. The first-order chi connectivity index (χ1) is 14.0. The Kier molecular flexibility index (Phi) is 5.37. The van der Waals surface area contributed by atoms with Gasteiger partial charge >= 0.3 is 6.03 Å². The van der Waals surface area contributed by atoms with Crippen LogP contribution in [0.1, 0.15) is 50.3 Å². The number of nitrogens with zero attached hydrogens (tertiary/aromatic N) is 3. The molecule has 29 heavy (non-hydrogen) atoms. The summed E-state index contributed by atoms with van der Waals surface area (Å²) in [5.74, 6) is 0.105. The predicted molar refractivity (Wildman–Crippen MR) is 111 cm³/mol. The van der Waals surface area contributed by atoms with Crippen molar-refractivity contribution in [1.29, 1.82) is 0 Å². The standard InChI is InChI=1S/C23H28N4O2/c1-17(2)14-23(19-9-4-3-5-10-19)21(28)27(22(29)25-23)16-26-13-7-11-20(26)18-8-6-12-24-15-18/h3-6,8-10,12,15,17,20H,7,11,13-14,16H2,1-2H3,(H,25,29). The number of carbonyl (C=O) groups excluding carboxylic acids is 2. The summed E-state index contributed by atoms with van der Waals surface area (Å²) in [4.78, 5) is 34.4. The van der Waals surface area contributed by atoms with E-state index in [1.54, 1.807) is 6.20 Å².